The lowest BCUT2D eigenvalue weighted by molar-refractivity contribution is 0.317. The monoisotopic (exact) mass is 241 g/mol. The van der Waals surface area contributed by atoms with Gasteiger partial charge in [0.25, 0.3) is 0 Å². The Bertz CT molecular complexity index is 450. The van der Waals surface area contributed by atoms with Crippen molar-refractivity contribution in [1.29, 1.82) is 0 Å². The lowest BCUT2D eigenvalue weighted by Crippen LogP contribution is -1.99. The fraction of sp³-hybridized carbons (Fsp3) is 0.250. The third-order valence-electron chi connectivity index (χ3n) is 2.67. The van der Waals surface area contributed by atoms with Crippen LogP contribution < -0.4 is 10.1 Å². The summed E-state index contributed by atoms with van der Waals surface area (Å²) in [7, 11) is 0. The minimum atomic E-state index is 0.779. The summed E-state index contributed by atoms with van der Waals surface area (Å²) in [5.41, 5.74) is 2.39. The van der Waals surface area contributed by atoms with Crippen LogP contribution in [0, 0.1) is 0 Å². The number of nitrogens with one attached hydrogen (secondary N) is 1. The molecule has 2 aromatic carbocycles. The molecule has 0 saturated carbocycles. The highest BCUT2D eigenvalue weighted by molar-refractivity contribution is 5.43. The van der Waals surface area contributed by atoms with Gasteiger partial charge in [-0.1, -0.05) is 37.3 Å². The molecule has 0 aliphatic rings. The highest BCUT2D eigenvalue weighted by atomic mass is 16.5. The Morgan fingerprint density at radius 3 is 2.33 bits per heavy atom. The van der Waals surface area contributed by atoms with Crippen molar-refractivity contribution in [3.63, 3.8) is 0 Å². The summed E-state index contributed by atoms with van der Waals surface area (Å²) in [5.74, 6) is 0.945. The summed E-state index contributed by atoms with van der Waals surface area (Å²) in [6.07, 6.45) is 1.04. The first-order valence-corrected chi connectivity index (χ1v) is 6.39. The zero-order chi connectivity index (χ0) is 12.6. The molecule has 2 aromatic rings. The van der Waals surface area contributed by atoms with Crippen LogP contribution in [0.25, 0.3) is 0 Å². The van der Waals surface area contributed by atoms with Crippen molar-refractivity contribution in [2.45, 2.75) is 19.9 Å². The van der Waals surface area contributed by atoms with E-state index in [4.69, 9.17) is 4.74 Å². The maximum absolute atomic E-state index is 5.55. The van der Waals surface area contributed by atoms with Crippen LogP contribution in [0.1, 0.15) is 18.9 Å². The summed E-state index contributed by atoms with van der Waals surface area (Å²) in [6.45, 7) is 3.72. The number of benzene rings is 2. The molecule has 0 aliphatic carbocycles. The Morgan fingerprint density at radius 2 is 1.67 bits per heavy atom. The van der Waals surface area contributed by atoms with Crippen LogP contribution >= 0.6 is 0 Å². The standard InChI is InChI=1S/C16H19NO/c1-2-12-18-16-10-8-14(9-11-16)13-17-15-6-4-3-5-7-15/h3-11,17H,2,12-13H2,1H3. The van der Waals surface area contributed by atoms with Crippen molar-refractivity contribution < 1.29 is 4.74 Å². The van der Waals surface area contributed by atoms with Crippen molar-refractivity contribution in [2.75, 3.05) is 11.9 Å². The van der Waals surface area contributed by atoms with E-state index in [0.717, 1.165) is 31.0 Å². The predicted octanol–water partition coefficient (Wildman–Crippen LogP) is 4.09. The van der Waals surface area contributed by atoms with Crippen LogP contribution in [0.3, 0.4) is 0 Å². The van der Waals surface area contributed by atoms with E-state index in [-0.39, 0.29) is 0 Å². The lowest BCUT2D eigenvalue weighted by atomic mass is 10.2. The van der Waals surface area contributed by atoms with E-state index in [1.165, 1.54) is 5.56 Å². The molecule has 0 bridgehead atoms. The topological polar surface area (TPSA) is 21.3 Å². The highest BCUT2D eigenvalue weighted by Crippen LogP contribution is 2.14. The van der Waals surface area contributed by atoms with Gasteiger partial charge in [0.05, 0.1) is 6.61 Å². The molecule has 0 atom stereocenters. The van der Waals surface area contributed by atoms with Gasteiger partial charge in [0.2, 0.25) is 0 Å². The van der Waals surface area contributed by atoms with Crippen LogP contribution in [0.2, 0.25) is 0 Å². The molecule has 18 heavy (non-hydrogen) atoms. The quantitative estimate of drug-likeness (QED) is 0.822. The second-order valence-electron chi connectivity index (χ2n) is 4.21. The molecule has 0 radical (unpaired) electrons. The maximum atomic E-state index is 5.55. The van der Waals surface area contributed by atoms with E-state index in [9.17, 15) is 0 Å². The van der Waals surface area contributed by atoms with Gasteiger partial charge < -0.3 is 10.1 Å². The summed E-state index contributed by atoms with van der Waals surface area (Å²) in [5, 5.41) is 3.38. The zero-order valence-electron chi connectivity index (χ0n) is 10.7. The number of hydrogen-bond donors (Lipinski definition) is 1. The number of anilines is 1. The Kier molecular flexibility index (Phi) is 4.65. The molecule has 0 heterocycles. The molecule has 0 unspecified atom stereocenters. The van der Waals surface area contributed by atoms with Crippen LogP contribution in [0.15, 0.2) is 54.6 Å². The van der Waals surface area contributed by atoms with Gasteiger partial charge in [-0.3, -0.25) is 0 Å². The second kappa shape index (κ2) is 6.70. The molecule has 0 aromatic heterocycles. The molecule has 0 amide bonds. The molecule has 1 N–H and O–H groups in total. The highest BCUT2D eigenvalue weighted by Gasteiger charge is 1.95. The summed E-state index contributed by atoms with van der Waals surface area (Å²) >= 11 is 0. The minimum Gasteiger partial charge on any atom is -0.494 e. The Hall–Kier alpha value is -1.96. The number of ether oxygens (including phenoxy) is 1. The molecule has 0 aliphatic heterocycles. The first-order chi connectivity index (χ1) is 8.88. The molecule has 0 fully saturated rings. The fourth-order valence-electron chi connectivity index (χ4n) is 1.68. The van der Waals surface area contributed by atoms with Crippen LogP contribution in [0.5, 0.6) is 5.75 Å². The van der Waals surface area contributed by atoms with Crippen LogP contribution in [-0.4, -0.2) is 6.61 Å². The number of para-hydroxylation sites is 1. The number of hydrogen-bond acceptors (Lipinski definition) is 2. The van der Waals surface area contributed by atoms with Gasteiger partial charge in [-0.25, -0.2) is 0 Å². The molecular weight excluding hydrogens is 222 g/mol. The molecule has 0 saturated heterocycles. The first-order valence-electron chi connectivity index (χ1n) is 6.39. The van der Waals surface area contributed by atoms with Gasteiger partial charge in [-0.15, -0.1) is 0 Å². The van der Waals surface area contributed by atoms with Gasteiger partial charge >= 0.3 is 0 Å². The molecule has 0 spiro atoms. The Labute approximate surface area is 109 Å². The van der Waals surface area contributed by atoms with Gasteiger partial charge in [0.15, 0.2) is 0 Å². The van der Waals surface area contributed by atoms with Crippen LogP contribution in [-0.2, 0) is 6.54 Å². The largest absolute Gasteiger partial charge is 0.494 e. The minimum absolute atomic E-state index is 0.779. The smallest absolute Gasteiger partial charge is 0.119 e. The number of rotatable bonds is 6. The predicted molar refractivity (Wildman–Crippen MR) is 76.0 cm³/mol. The van der Waals surface area contributed by atoms with Gasteiger partial charge in [-0.05, 0) is 36.2 Å². The third-order valence-corrected chi connectivity index (χ3v) is 2.67. The third kappa shape index (κ3) is 3.81. The van der Waals surface area contributed by atoms with E-state index >= 15 is 0 Å². The summed E-state index contributed by atoms with van der Waals surface area (Å²) in [4.78, 5) is 0. The van der Waals surface area contributed by atoms with Crippen molar-refractivity contribution in [3.05, 3.63) is 60.2 Å². The van der Waals surface area contributed by atoms with E-state index in [0.29, 0.717) is 0 Å². The summed E-state index contributed by atoms with van der Waals surface area (Å²) in [6, 6.07) is 18.5. The second-order valence-corrected chi connectivity index (χ2v) is 4.21. The zero-order valence-corrected chi connectivity index (χ0v) is 10.7. The van der Waals surface area contributed by atoms with Crippen molar-refractivity contribution >= 4 is 5.69 Å². The average Bonchev–Trinajstić information content (AvgIpc) is 2.45. The van der Waals surface area contributed by atoms with Crippen molar-refractivity contribution in [1.82, 2.24) is 0 Å². The van der Waals surface area contributed by atoms with Crippen molar-refractivity contribution in [2.24, 2.45) is 0 Å². The van der Waals surface area contributed by atoms with E-state index in [1.54, 1.807) is 0 Å². The van der Waals surface area contributed by atoms with E-state index in [2.05, 4.69) is 36.5 Å². The van der Waals surface area contributed by atoms with E-state index in [1.807, 2.05) is 30.3 Å². The van der Waals surface area contributed by atoms with Gasteiger partial charge in [-0.2, -0.15) is 0 Å². The maximum Gasteiger partial charge on any atom is 0.119 e. The fourth-order valence-corrected chi connectivity index (χ4v) is 1.68. The van der Waals surface area contributed by atoms with Crippen LogP contribution in [0.4, 0.5) is 5.69 Å². The average molecular weight is 241 g/mol. The molecule has 94 valence electrons. The first kappa shape index (κ1) is 12.5. The van der Waals surface area contributed by atoms with Gasteiger partial charge in [0.1, 0.15) is 5.75 Å². The molecular formula is C16H19NO. The molecule has 2 nitrogen and oxygen atoms in total. The normalized spacial score (nSPS) is 10.1. The lowest BCUT2D eigenvalue weighted by Gasteiger charge is -2.08. The molecule has 2 heteroatoms. The molecule has 2 rings (SSSR count). The SMILES string of the molecule is CCCOc1ccc(CNc2ccccc2)cc1. The Morgan fingerprint density at radius 1 is 0.944 bits per heavy atom. The van der Waals surface area contributed by atoms with Gasteiger partial charge in [0, 0.05) is 12.2 Å². The van der Waals surface area contributed by atoms with Crippen molar-refractivity contribution in [3.8, 4) is 5.75 Å². The van der Waals surface area contributed by atoms with E-state index < -0.39 is 0 Å². The Balaban J connectivity index is 1.86. The summed E-state index contributed by atoms with van der Waals surface area (Å²) < 4.78 is 5.55.